The largest absolute Gasteiger partial charge is 0.480 e. The van der Waals surface area contributed by atoms with Gasteiger partial charge in [0.15, 0.2) is 0 Å². The van der Waals surface area contributed by atoms with Crippen LogP contribution >= 0.6 is 11.3 Å². The SMILES string of the molecule is CCC1CCC(NC(=O)c2cc(S(=O)(=O)NC)cs2)(C(=O)O)CC1. The maximum atomic E-state index is 12.4. The molecule has 0 aromatic carbocycles. The standard InChI is InChI=1S/C15H22N2O5S2/c1-3-10-4-6-15(7-5-10,14(19)20)17-13(18)12-8-11(9-23-12)24(21,22)16-2/h8-10,16H,3-7H2,1-2H3,(H,17,18)(H,19,20). The van der Waals surface area contributed by atoms with Gasteiger partial charge in [-0.05, 0) is 44.7 Å². The summed E-state index contributed by atoms with van der Waals surface area (Å²) in [5.41, 5.74) is -1.27. The topological polar surface area (TPSA) is 113 Å². The van der Waals surface area contributed by atoms with E-state index in [-0.39, 0.29) is 9.77 Å². The molecular weight excluding hydrogens is 352 g/mol. The molecule has 3 N–H and O–H groups in total. The number of thiophene rings is 1. The Hall–Kier alpha value is -1.45. The lowest BCUT2D eigenvalue weighted by Gasteiger charge is -2.37. The van der Waals surface area contributed by atoms with E-state index < -0.39 is 27.4 Å². The van der Waals surface area contributed by atoms with Crippen molar-refractivity contribution in [3.8, 4) is 0 Å². The molecule has 0 spiro atoms. The molecule has 1 heterocycles. The molecule has 1 fully saturated rings. The third kappa shape index (κ3) is 3.79. The van der Waals surface area contributed by atoms with E-state index in [2.05, 4.69) is 17.0 Å². The quantitative estimate of drug-likeness (QED) is 0.703. The Morgan fingerprint density at radius 1 is 1.38 bits per heavy atom. The number of rotatable bonds is 6. The number of nitrogens with one attached hydrogen (secondary N) is 2. The summed E-state index contributed by atoms with van der Waals surface area (Å²) in [6, 6.07) is 1.26. The highest BCUT2D eigenvalue weighted by molar-refractivity contribution is 7.89. The van der Waals surface area contributed by atoms with Gasteiger partial charge in [0.1, 0.15) is 5.54 Å². The van der Waals surface area contributed by atoms with Crippen molar-refractivity contribution in [2.24, 2.45) is 5.92 Å². The zero-order valence-electron chi connectivity index (χ0n) is 13.7. The van der Waals surface area contributed by atoms with Gasteiger partial charge >= 0.3 is 5.97 Å². The van der Waals surface area contributed by atoms with E-state index in [9.17, 15) is 23.1 Å². The number of sulfonamides is 1. The molecule has 1 aromatic rings. The maximum absolute atomic E-state index is 12.4. The molecule has 134 valence electrons. The van der Waals surface area contributed by atoms with Gasteiger partial charge in [-0.3, -0.25) is 4.79 Å². The molecule has 0 aliphatic heterocycles. The van der Waals surface area contributed by atoms with Crippen LogP contribution in [0.15, 0.2) is 16.3 Å². The Bertz CT molecular complexity index is 718. The maximum Gasteiger partial charge on any atom is 0.329 e. The number of carbonyl (C=O) groups excluding carboxylic acids is 1. The van der Waals surface area contributed by atoms with Crippen LogP contribution in [-0.4, -0.2) is 38.0 Å². The monoisotopic (exact) mass is 374 g/mol. The first-order valence-corrected chi connectivity index (χ1v) is 10.2. The van der Waals surface area contributed by atoms with E-state index in [1.54, 1.807) is 0 Å². The molecule has 1 saturated carbocycles. The van der Waals surface area contributed by atoms with Gasteiger partial charge in [0.2, 0.25) is 10.0 Å². The first-order valence-electron chi connectivity index (χ1n) is 7.82. The molecule has 1 aliphatic rings. The van der Waals surface area contributed by atoms with Crippen molar-refractivity contribution < 1.29 is 23.1 Å². The minimum Gasteiger partial charge on any atom is -0.480 e. The van der Waals surface area contributed by atoms with Gasteiger partial charge in [-0.15, -0.1) is 11.3 Å². The van der Waals surface area contributed by atoms with E-state index in [0.29, 0.717) is 18.8 Å². The van der Waals surface area contributed by atoms with Crippen LogP contribution in [0.3, 0.4) is 0 Å². The van der Waals surface area contributed by atoms with Crippen molar-refractivity contribution in [2.75, 3.05) is 7.05 Å². The van der Waals surface area contributed by atoms with Crippen LogP contribution in [0, 0.1) is 5.92 Å². The van der Waals surface area contributed by atoms with Gasteiger partial charge < -0.3 is 10.4 Å². The smallest absolute Gasteiger partial charge is 0.329 e. The summed E-state index contributed by atoms with van der Waals surface area (Å²) in [5.74, 6) is -1.09. The van der Waals surface area contributed by atoms with Crippen LogP contribution in [0.4, 0.5) is 0 Å². The Morgan fingerprint density at radius 2 is 2.00 bits per heavy atom. The molecule has 0 atom stereocenters. The number of carboxylic acid groups (broad SMARTS) is 1. The number of hydrogen-bond donors (Lipinski definition) is 3. The van der Waals surface area contributed by atoms with E-state index in [4.69, 9.17) is 0 Å². The fourth-order valence-electron chi connectivity index (χ4n) is 2.95. The molecule has 7 nitrogen and oxygen atoms in total. The van der Waals surface area contributed by atoms with Gasteiger partial charge in [0, 0.05) is 5.38 Å². The van der Waals surface area contributed by atoms with Gasteiger partial charge in [-0.25, -0.2) is 17.9 Å². The first-order chi connectivity index (χ1) is 11.2. The van der Waals surface area contributed by atoms with E-state index in [1.807, 2.05) is 0 Å². The summed E-state index contributed by atoms with van der Waals surface area (Å²) in [4.78, 5) is 24.3. The third-order valence-electron chi connectivity index (χ3n) is 4.68. The van der Waals surface area contributed by atoms with Crippen molar-refractivity contribution in [1.82, 2.24) is 10.0 Å². The molecule has 0 saturated heterocycles. The molecule has 0 unspecified atom stereocenters. The summed E-state index contributed by atoms with van der Waals surface area (Å²) in [6.45, 7) is 2.08. The Labute approximate surface area is 145 Å². The third-order valence-corrected chi connectivity index (χ3v) is 7.15. The van der Waals surface area contributed by atoms with Gasteiger partial charge in [0.25, 0.3) is 5.91 Å². The average molecular weight is 374 g/mol. The molecule has 24 heavy (non-hydrogen) atoms. The number of aliphatic carboxylic acids is 1. The molecule has 9 heteroatoms. The van der Waals surface area contributed by atoms with Crippen molar-refractivity contribution in [3.63, 3.8) is 0 Å². The second-order valence-electron chi connectivity index (χ2n) is 6.05. The van der Waals surface area contributed by atoms with Gasteiger partial charge in [-0.1, -0.05) is 13.3 Å². The molecule has 1 aliphatic carbocycles. The summed E-state index contributed by atoms with van der Waals surface area (Å²) in [7, 11) is -2.33. The van der Waals surface area contributed by atoms with Crippen LogP contribution in [-0.2, 0) is 14.8 Å². The van der Waals surface area contributed by atoms with Crippen LogP contribution in [0.5, 0.6) is 0 Å². The Kier molecular flexibility index (Phi) is 5.67. The minimum absolute atomic E-state index is 0.000726. The Balaban J connectivity index is 2.16. The van der Waals surface area contributed by atoms with Crippen molar-refractivity contribution in [3.05, 3.63) is 16.3 Å². The molecule has 2 rings (SSSR count). The van der Waals surface area contributed by atoms with Crippen molar-refractivity contribution >= 4 is 33.2 Å². The molecule has 1 amide bonds. The predicted molar refractivity (Wildman–Crippen MR) is 90.6 cm³/mol. The van der Waals surface area contributed by atoms with Crippen LogP contribution in [0.1, 0.15) is 48.7 Å². The second-order valence-corrected chi connectivity index (χ2v) is 8.84. The first kappa shape index (κ1) is 18.9. The number of carboxylic acids is 1. The van der Waals surface area contributed by atoms with E-state index in [0.717, 1.165) is 30.6 Å². The summed E-state index contributed by atoms with van der Waals surface area (Å²) >= 11 is 0.980. The van der Waals surface area contributed by atoms with Crippen LogP contribution in [0.2, 0.25) is 0 Å². The van der Waals surface area contributed by atoms with Crippen molar-refractivity contribution in [2.45, 2.75) is 49.5 Å². The highest BCUT2D eigenvalue weighted by atomic mass is 32.2. The molecule has 0 bridgehead atoms. The predicted octanol–water partition coefficient (Wildman–Crippen LogP) is 1.81. The van der Waals surface area contributed by atoms with E-state index >= 15 is 0 Å². The van der Waals surface area contributed by atoms with Gasteiger partial charge in [0.05, 0.1) is 9.77 Å². The van der Waals surface area contributed by atoms with Crippen LogP contribution < -0.4 is 10.0 Å². The molecular formula is C15H22N2O5S2. The summed E-state index contributed by atoms with van der Waals surface area (Å²) in [5, 5.41) is 13.6. The van der Waals surface area contributed by atoms with Crippen LogP contribution in [0.25, 0.3) is 0 Å². The summed E-state index contributed by atoms with van der Waals surface area (Å²) in [6.07, 6.45) is 3.29. The minimum atomic E-state index is -3.62. The zero-order valence-corrected chi connectivity index (χ0v) is 15.3. The molecule has 1 aromatic heterocycles. The normalized spacial score (nSPS) is 24.5. The Morgan fingerprint density at radius 3 is 2.50 bits per heavy atom. The number of hydrogen-bond acceptors (Lipinski definition) is 5. The fourth-order valence-corrected chi connectivity index (χ4v) is 4.85. The number of carbonyl (C=O) groups is 2. The molecule has 0 radical (unpaired) electrons. The van der Waals surface area contributed by atoms with E-state index in [1.165, 1.54) is 18.5 Å². The number of amides is 1. The average Bonchev–Trinajstić information content (AvgIpc) is 3.06. The summed E-state index contributed by atoms with van der Waals surface area (Å²) < 4.78 is 25.7. The second kappa shape index (κ2) is 7.20. The zero-order chi connectivity index (χ0) is 18.0. The highest BCUT2D eigenvalue weighted by Crippen LogP contribution is 2.34. The van der Waals surface area contributed by atoms with Crippen molar-refractivity contribution in [1.29, 1.82) is 0 Å². The lowest BCUT2D eigenvalue weighted by molar-refractivity contribution is -0.146. The lowest BCUT2D eigenvalue weighted by Crippen LogP contribution is -2.56. The fraction of sp³-hybridized carbons (Fsp3) is 0.600. The highest BCUT2D eigenvalue weighted by Gasteiger charge is 2.43. The lowest BCUT2D eigenvalue weighted by atomic mass is 9.75. The van der Waals surface area contributed by atoms with Gasteiger partial charge in [-0.2, -0.15) is 0 Å².